The van der Waals surface area contributed by atoms with Gasteiger partial charge < -0.3 is 0 Å². The average Bonchev–Trinajstić information content (AvgIpc) is 1.89. The van der Waals surface area contributed by atoms with Gasteiger partial charge in [0.2, 0.25) is 5.91 Å². The molecule has 0 atom stereocenters. The van der Waals surface area contributed by atoms with Crippen LogP contribution in [0.4, 0.5) is 0 Å². The second kappa shape index (κ2) is 5.59. The minimum Gasteiger partial charge on any atom is -0.288 e. The number of hydrogen-bond donors (Lipinski definition) is 0. The van der Waals surface area contributed by atoms with Crippen molar-refractivity contribution in [2.45, 2.75) is 6.92 Å². The van der Waals surface area contributed by atoms with Crippen LogP contribution in [0, 0.1) is 0 Å². The summed E-state index contributed by atoms with van der Waals surface area (Å²) >= 11 is 0. The van der Waals surface area contributed by atoms with E-state index in [1.807, 2.05) is 6.92 Å². The molecule has 10 heavy (non-hydrogen) atoms. The number of rotatable bonds is 2. The summed E-state index contributed by atoms with van der Waals surface area (Å²) in [6.07, 6.45) is 6.14. The van der Waals surface area contributed by atoms with Crippen LogP contribution in [-0.2, 0) is 4.79 Å². The maximum absolute atomic E-state index is 10.4. The van der Waals surface area contributed by atoms with Crippen LogP contribution < -0.4 is 0 Å². The van der Waals surface area contributed by atoms with Crippen molar-refractivity contribution in [3.63, 3.8) is 0 Å². The van der Waals surface area contributed by atoms with Crippen LogP contribution in [0.15, 0.2) is 29.4 Å². The first-order chi connectivity index (χ1) is 4.81. The second-order valence-corrected chi connectivity index (χ2v) is 1.41. The Hall–Kier alpha value is -1.54. The highest BCUT2D eigenvalue weighted by Gasteiger charge is 1.83. The van der Waals surface area contributed by atoms with Crippen molar-refractivity contribution in [2.75, 3.05) is 0 Å². The normalized spacial score (nSPS) is 10.1. The lowest BCUT2D eigenvalue weighted by Crippen LogP contribution is -1.80. The zero-order valence-corrected chi connectivity index (χ0v) is 5.56. The molecular weight excluding hydrogens is 130 g/mol. The van der Waals surface area contributed by atoms with Crippen LogP contribution in [0.1, 0.15) is 6.92 Å². The molecule has 0 saturated carbocycles. The number of hydrogen-bond acceptors (Lipinski definition) is 1. The molecule has 0 N–H and O–H groups in total. The standard InChI is InChI=1S/C6H7N3O/c1-2-3-4-5-6(10)8-9-7/h2-5H,1H3/b3-2+,5-4+. The van der Waals surface area contributed by atoms with Gasteiger partial charge in [-0.05, 0) is 23.6 Å². The molecule has 0 unspecified atom stereocenters. The highest BCUT2D eigenvalue weighted by molar-refractivity contribution is 5.88. The lowest BCUT2D eigenvalue weighted by atomic mass is 10.4. The quantitative estimate of drug-likeness (QED) is 0.188. The molecule has 0 aromatic heterocycles. The maximum Gasteiger partial charge on any atom is 0.241 e. The SMILES string of the molecule is C/C=C/C=C/C(=O)N=[N+]=[N-]. The van der Waals surface area contributed by atoms with E-state index in [1.54, 1.807) is 12.2 Å². The summed E-state index contributed by atoms with van der Waals surface area (Å²) in [5.41, 5.74) is 7.78. The Labute approximate surface area is 58.5 Å². The van der Waals surface area contributed by atoms with Gasteiger partial charge in [0.15, 0.2) is 0 Å². The Balaban J connectivity index is 3.89. The van der Waals surface area contributed by atoms with Crippen LogP contribution in [-0.4, -0.2) is 5.91 Å². The molecule has 0 fully saturated rings. The first kappa shape index (κ1) is 8.46. The van der Waals surface area contributed by atoms with Gasteiger partial charge in [-0.15, -0.1) is 0 Å². The number of carbonyl (C=O) groups excluding carboxylic acids is 1. The summed E-state index contributed by atoms with van der Waals surface area (Å²) in [6.45, 7) is 1.82. The predicted molar refractivity (Wildman–Crippen MR) is 38.1 cm³/mol. The lowest BCUT2D eigenvalue weighted by Gasteiger charge is -1.73. The Morgan fingerprint density at radius 1 is 1.60 bits per heavy atom. The monoisotopic (exact) mass is 137 g/mol. The number of amides is 1. The number of carbonyl (C=O) groups is 1. The molecule has 0 saturated heterocycles. The van der Waals surface area contributed by atoms with E-state index in [-0.39, 0.29) is 0 Å². The van der Waals surface area contributed by atoms with E-state index in [1.165, 1.54) is 12.2 Å². The van der Waals surface area contributed by atoms with E-state index in [4.69, 9.17) is 5.53 Å². The van der Waals surface area contributed by atoms with Gasteiger partial charge in [-0.1, -0.05) is 18.2 Å². The van der Waals surface area contributed by atoms with Gasteiger partial charge >= 0.3 is 0 Å². The van der Waals surface area contributed by atoms with Crippen molar-refractivity contribution in [3.05, 3.63) is 34.7 Å². The number of nitrogens with zero attached hydrogens (tertiary/aromatic N) is 3. The van der Waals surface area contributed by atoms with E-state index in [0.29, 0.717) is 0 Å². The Kier molecular flexibility index (Phi) is 4.73. The molecule has 0 aromatic rings. The van der Waals surface area contributed by atoms with E-state index in [0.717, 1.165) is 0 Å². The molecule has 0 aliphatic heterocycles. The minimum atomic E-state index is -0.583. The molecule has 1 amide bonds. The summed E-state index contributed by atoms with van der Waals surface area (Å²) < 4.78 is 0. The highest BCUT2D eigenvalue weighted by atomic mass is 16.1. The van der Waals surface area contributed by atoms with Crippen LogP contribution in [0.3, 0.4) is 0 Å². The van der Waals surface area contributed by atoms with Crippen LogP contribution >= 0.6 is 0 Å². The summed E-state index contributed by atoms with van der Waals surface area (Å²) in [7, 11) is 0. The van der Waals surface area contributed by atoms with Gasteiger partial charge in [-0.25, -0.2) is 0 Å². The second-order valence-electron chi connectivity index (χ2n) is 1.41. The number of azide groups is 1. The summed E-state index contributed by atoms with van der Waals surface area (Å²) in [6, 6.07) is 0. The van der Waals surface area contributed by atoms with Crippen LogP contribution in [0.2, 0.25) is 0 Å². The van der Waals surface area contributed by atoms with Crippen LogP contribution in [0.25, 0.3) is 10.4 Å². The van der Waals surface area contributed by atoms with Gasteiger partial charge in [0.05, 0.1) is 0 Å². The summed E-state index contributed by atoms with van der Waals surface area (Å²) in [5, 5.41) is 2.82. The molecule has 4 nitrogen and oxygen atoms in total. The molecule has 0 aliphatic carbocycles. The van der Waals surface area contributed by atoms with Crippen molar-refractivity contribution < 1.29 is 4.79 Å². The molecule has 4 heteroatoms. The smallest absolute Gasteiger partial charge is 0.241 e. The topological polar surface area (TPSA) is 65.8 Å². The highest BCUT2D eigenvalue weighted by Crippen LogP contribution is 1.81. The summed E-state index contributed by atoms with van der Waals surface area (Å²) in [5.74, 6) is -0.583. The fourth-order valence-corrected chi connectivity index (χ4v) is 0.326. The molecular formula is C6H7N3O. The van der Waals surface area contributed by atoms with Gasteiger partial charge in [0.1, 0.15) is 0 Å². The van der Waals surface area contributed by atoms with Crippen molar-refractivity contribution in [2.24, 2.45) is 5.11 Å². The maximum atomic E-state index is 10.4. The zero-order chi connectivity index (χ0) is 7.82. The van der Waals surface area contributed by atoms with Crippen molar-refractivity contribution in [1.82, 2.24) is 0 Å². The third-order valence-corrected chi connectivity index (χ3v) is 0.686. The van der Waals surface area contributed by atoms with E-state index >= 15 is 0 Å². The molecule has 0 spiro atoms. The third-order valence-electron chi connectivity index (χ3n) is 0.686. The molecule has 0 rings (SSSR count). The first-order valence-electron chi connectivity index (χ1n) is 2.69. The Morgan fingerprint density at radius 3 is 2.80 bits per heavy atom. The fraction of sp³-hybridized carbons (Fsp3) is 0.167. The van der Waals surface area contributed by atoms with Crippen molar-refractivity contribution in [1.29, 1.82) is 0 Å². The number of allylic oxidation sites excluding steroid dienone is 3. The molecule has 52 valence electrons. The summed E-state index contributed by atoms with van der Waals surface area (Å²) in [4.78, 5) is 12.7. The predicted octanol–water partition coefficient (Wildman–Crippen LogP) is 1.96. The van der Waals surface area contributed by atoms with Gasteiger partial charge in [-0.3, -0.25) is 4.79 Å². The van der Waals surface area contributed by atoms with Crippen molar-refractivity contribution >= 4 is 5.91 Å². The van der Waals surface area contributed by atoms with E-state index in [9.17, 15) is 4.79 Å². The van der Waals surface area contributed by atoms with Gasteiger partial charge in [0.25, 0.3) is 0 Å². The van der Waals surface area contributed by atoms with Gasteiger partial charge in [0, 0.05) is 4.91 Å². The van der Waals surface area contributed by atoms with Crippen molar-refractivity contribution in [3.8, 4) is 0 Å². The van der Waals surface area contributed by atoms with E-state index in [2.05, 4.69) is 10.0 Å². The first-order valence-corrected chi connectivity index (χ1v) is 2.69. The lowest BCUT2D eigenvalue weighted by molar-refractivity contribution is -0.113. The van der Waals surface area contributed by atoms with Crippen LogP contribution in [0.5, 0.6) is 0 Å². The molecule has 0 heterocycles. The zero-order valence-electron chi connectivity index (χ0n) is 5.56. The molecule has 0 aliphatic rings. The Morgan fingerprint density at radius 2 is 2.30 bits per heavy atom. The Bertz CT molecular complexity index is 211. The molecule has 0 bridgehead atoms. The average molecular weight is 137 g/mol. The van der Waals surface area contributed by atoms with E-state index < -0.39 is 5.91 Å². The largest absolute Gasteiger partial charge is 0.288 e. The molecule has 0 radical (unpaired) electrons. The van der Waals surface area contributed by atoms with Gasteiger partial charge in [-0.2, -0.15) is 0 Å². The third kappa shape index (κ3) is 4.61. The fourth-order valence-electron chi connectivity index (χ4n) is 0.326. The molecule has 0 aromatic carbocycles. The minimum absolute atomic E-state index is 0.583.